The first-order chi connectivity index (χ1) is 12.8. The van der Waals surface area contributed by atoms with Crippen LogP contribution >= 0.6 is 0 Å². The van der Waals surface area contributed by atoms with Gasteiger partial charge < -0.3 is 25.6 Å². The van der Waals surface area contributed by atoms with E-state index >= 15 is 0 Å². The summed E-state index contributed by atoms with van der Waals surface area (Å²) in [5, 5.41) is 1.97. The van der Waals surface area contributed by atoms with Crippen molar-refractivity contribution in [1.29, 1.82) is 0 Å². The van der Waals surface area contributed by atoms with Crippen LogP contribution in [0.3, 0.4) is 0 Å². The topological polar surface area (TPSA) is 87.9 Å². The van der Waals surface area contributed by atoms with Gasteiger partial charge in [0.15, 0.2) is 0 Å². The van der Waals surface area contributed by atoms with Crippen LogP contribution in [-0.2, 0) is 11.3 Å². The molecule has 0 saturated carbocycles. The predicted octanol–water partition coefficient (Wildman–Crippen LogP) is 3.02. The van der Waals surface area contributed by atoms with Crippen molar-refractivity contribution in [1.82, 2.24) is 15.1 Å². The monoisotopic (exact) mass is 400 g/mol. The lowest BCUT2D eigenvalue weighted by atomic mass is 9.94. The minimum absolute atomic E-state index is 0.0316. The molecular formula is C18H23F3N4O3. The van der Waals surface area contributed by atoms with Crippen molar-refractivity contribution in [3.63, 3.8) is 0 Å². The molecule has 154 valence electrons. The molecule has 3 N–H and O–H groups in total. The molecule has 3 rings (SSSR count). The van der Waals surface area contributed by atoms with Crippen LogP contribution < -0.4 is 11.1 Å². The molecule has 0 aliphatic carbocycles. The second-order valence-corrected chi connectivity index (χ2v) is 8.03. The van der Waals surface area contributed by atoms with Crippen LogP contribution in [0.25, 0.3) is 0 Å². The molecule has 28 heavy (non-hydrogen) atoms. The van der Waals surface area contributed by atoms with E-state index in [0.717, 1.165) is 4.90 Å². The van der Waals surface area contributed by atoms with Crippen molar-refractivity contribution in [3.8, 4) is 0 Å². The van der Waals surface area contributed by atoms with E-state index in [1.165, 1.54) is 4.90 Å². The summed E-state index contributed by atoms with van der Waals surface area (Å²) in [6, 6.07) is 1.48. The highest BCUT2D eigenvalue weighted by molar-refractivity contribution is 5.78. The Kier molecular flexibility index (Phi) is 4.84. The van der Waals surface area contributed by atoms with Crippen molar-refractivity contribution in [2.45, 2.75) is 51.2 Å². The van der Waals surface area contributed by atoms with Crippen LogP contribution in [0.1, 0.15) is 37.9 Å². The molecule has 0 radical (unpaired) electrons. The number of nitrogens with zero attached hydrogens (tertiary/aromatic N) is 2. The largest absolute Gasteiger partial charge is 0.444 e. The van der Waals surface area contributed by atoms with E-state index < -0.39 is 42.5 Å². The molecule has 0 aromatic heterocycles. The van der Waals surface area contributed by atoms with E-state index in [0.29, 0.717) is 16.8 Å². The maximum absolute atomic E-state index is 13.1. The lowest BCUT2D eigenvalue weighted by molar-refractivity contribution is -0.150. The van der Waals surface area contributed by atoms with E-state index in [1.54, 1.807) is 39.0 Å². The summed E-state index contributed by atoms with van der Waals surface area (Å²) in [4.78, 5) is 27.3. The van der Waals surface area contributed by atoms with Crippen LogP contribution in [0.15, 0.2) is 18.2 Å². The highest BCUT2D eigenvalue weighted by Crippen LogP contribution is 2.36. The Morgan fingerprint density at radius 1 is 1.25 bits per heavy atom. The van der Waals surface area contributed by atoms with Gasteiger partial charge in [-0.1, -0.05) is 6.07 Å². The van der Waals surface area contributed by atoms with E-state index in [1.807, 2.05) is 5.32 Å². The number of carbonyl (C=O) groups excluding carboxylic acids is 2. The van der Waals surface area contributed by atoms with Crippen molar-refractivity contribution in [2.24, 2.45) is 0 Å². The fourth-order valence-corrected chi connectivity index (χ4v) is 3.41. The van der Waals surface area contributed by atoms with E-state index in [9.17, 15) is 22.8 Å². The van der Waals surface area contributed by atoms with Gasteiger partial charge >= 0.3 is 18.3 Å². The highest BCUT2D eigenvalue weighted by Gasteiger charge is 2.49. The molecule has 2 aliphatic heterocycles. The fourth-order valence-electron chi connectivity index (χ4n) is 3.41. The molecule has 1 fully saturated rings. The van der Waals surface area contributed by atoms with Gasteiger partial charge in [0.25, 0.3) is 0 Å². The number of nitrogens with two attached hydrogens (primary N) is 1. The number of hydrogen-bond acceptors (Lipinski definition) is 4. The molecule has 2 aliphatic rings. The summed E-state index contributed by atoms with van der Waals surface area (Å²) in [6.45, 7) is 4.87. The van der Waals surface area contributed by atoms with Crippen molar-refractivity contribution in [3.05, 3.63) is 29.3 Å². The zero-order valence-corrected chi connectivity index (χ0v) is 15.8. The van der Waals surface area contributed by atoms with Crippen molar-refractivity contribution < 1.29 is 27.5 Å². The number of urea groups is 1. The van der Waals surface area contributed by atoms with Crippen LogP contribution in [0.5, 0.6) is 0 Å². The van der Waals surface area contributed by atoms with Gasteiger partial charge in [-0.2, -0.15) is 13.2 Å². The highest BCUT2D eigenvalue weighted by atomic mass is 19.4. The standard InChI is InChI=1S/C18H23F3N4O3/c1-17(2,3)28-16(27)24-7-10-6-11(22)4-5-12(10)13(8-24)25-9-14(18(19,20)21)23-15(25)26/h4-6,13-14H,7-9,22H2,1-3H3,(H,23,26)/t13?,14-/m0/s1. The second kappa shape index (κ2) is 6.75. The third-order valence-corrected chi connectivity index (χ3v) is 4.64. The maximum Gasteiger partial charge on any atom is 0.410 e. The first-order valence-electron chi connectivity index (χ1n) is 8.85. The van der Waals surface area contributed by atoms with Gasteiger partial charge in [0.05, 0.1) is 12.6 Å². The quantitative estimate of drug-likeness (QED) is 0.710. The molecule has 2 heterocycles. The number of hydrogen-bond donors (Lipinski definition) is 2. The normalized spacial score (nSPS) is 22.7. The lowest BCUT2D eigenvalue weighted by Crippen LogP contribution is -2.47. The van der Waals surface area contributed by atoms with Crippen LogP contribution in [0.4, 0.5) is 28.4 Å². The van der Waals surface area contributed by atoms with E-state index in [2.05, 4.69) is 0 Å². The molecule has 3 amide bonds. The molecule has 1 saturated heterocycles. The first-order valence-corrected chi connectivity index (χ1v) is 8.85. The number of nitrogens with one attached hydrogen (secondary N) is 1. The Morgan fingerprint density at radius 3 is 2.50 bits per heavy atom. The summed E-state index contributed by atoms with van der Waals surface area (Å²) >= 11 is 0. The fraction of sp³-hybridized carbons (Fsp3) is 0.556. The van der Waals surface area contributed by atoms with Crippen LogP contribution in [0.2, 0.25) is 0 Å². The van der Waals surface area contributed by atoms with E-state index in [4.69, 9.17) is 10.5 Å². The number of fused-ring (bicyclic) bond motifs is 1. The molecule has 0 bridgehead atoms. The molecule has 1 unspecified atom stereocenters. The summed E-state index contributed by atoms with van der Waals surface area (Å²) in [7, 11) is 0. The number of amides is 3. The smallest absolute Gasteiger partial charge is 0.410 e. The molecular weight excluding hydrogens is 377 g/mol. The van der Waals surface area contributed by atoms with Crippen LogP contribution in [-0.4, -0.2) is 52.8 Å². The SMILES string of the molecule is CC(C)(C)OC(=O)N1Cc2cc(N)ccc2C(N2C[C@@H](C(F)(F)F)NC2=O)C1. The second-order valence-electron chi connectivity index (χ2n) is 8.03. The zero-order valence-electron chi connectivity index (χ0n) is 15.8. The Bertz CT molecular complexity index is 791. The number of nitrogen functional groups attached to an aromatic ring is 1. The number of carbonyl (C=O) groups is 2. The van der Waals surface area contributed by atoms with E-state index in [-0.39, 0.29) is 13.1 Å². The Hall–Kier alpha value is -2.65. The summed E-state index contributed by atoms with van der Waals surface area (Å²) in [6.07, 6.45) is -5.15. The van der Waals surface area contributed by atoms with Crippen LogP contribution in [0, 0.1) is 0 Å². The lowest BCUT2D eigenvalue weighted by Gasteiger charge is -2.39. The minimum Gasteiger partial charge on any atom is -0.444 e. The number of alkyl halides is 3. The van der Waals surface area contributed by atoms with Gasteiger partial charge in [0, 0.05) is 18.8 Å². The average molecular weight is 400 g/mol. The maximum atomic E-state index is 13.1. The number of benzene rings is 1. The van der Waals surface area contributed by atoms with Gasteiger partial charge in [-0.05, 0) is 44.0 Å². The van der Waals surface area contributed by atoms with Crippen molar-refractivity contribution >= 4 is 17.8 Å². The third-order valence-electron chi connectivity index (χ3n) is 4.64. The summed E-state index contributed by atoms with van der Waals surface area (Å²) in [5.41, 5.74) is 6.91. The number of anilines is 1. The van der Waals surface area contributed by atoms with Gasteiger partial charge in [-0.15, -0.1) is 0 Å². The molecule has 10 heteroatoms. The van der Waals surface area contributed by atoms with Gasteiger partial charge in [0.1, 0.15) is 11.6 Å². The third kappa shape index (κ3) is 4.10. The summed E-state index contributed by atoms with van der Waals surface area (Å²) < 4.78 is 44.6. The number of rotatable bonds is 1. The molecule has 2 atom stereocenters. The first kappa shape index (κ1) is 20.1. The molecule has 1 aromatic carbocycles. The minimum atomic E-state index is -4.55. The average Bonchev–Trinajstić information content (AvgIpc) is 2.93. The molecule has 1 aromatic rings. The molecule has 0 spiro atoms. The number of ether oxygens (including phenoxy) is 1. The van der Waals surface area contributed by atoms with Gasteiger partial charge in [0.2, 0.25) is 0 Å². The Labute approximate surface area is 160 Å². The summed E-state index contributed by atoms with van der Waals surface area (Å²) in [5.74, 6) is 0. The zero-order chi connectivity index (χ0) is 20.9. The van der Waals surface area contributed by atoms with Crippen molar-refractivity contribution in [2.75, 3.05) is 18.8 Å². The Morgan fingerprint density at radius 2 is 1.93 bits per heavy atom. The predicted molar refractivity (Wildman–Crippen MR) is 95.3 cm³/mol. The van der Waals surface area contributed by atoms with Gasteiger partial charge in [-0.3, -0.25) is 0 Å². The Balaban J connectivity index is 1.91. The number of halogens is 3. The van der Waals surface area contributed by atoms with Gasteiger partial charge in [-0.25, -0.2) is 9.59 Å². The molecule has 7 nitrogen and oxygen atoms in total.